The van der Waals surface area contributed by atoms with Crippen LogP contribution in [0.1, 0.15) is 6.42 Å². The van der Waals surface area contributed by atoms with Crippen LogP contribution in [0.5, 0.6) is 0 Å². The second kappa shape index (κ2) is 5.46. The van der Waals surface area contributed by atoms with Crippen LogP contribution in [0.4, 0.5) is 5.69 Å². The SMILES string of the molecule is O=C1CC(SC2=NCCN2)C(=O)N1c1ccc(Cl)cc1. The van der Waals surface area contributed by atoms with Gasteiger partial charge in [0.25, 0.3) is 0 Å². The summed E-state index contributed by atoms with van der Waals surface area (Å²) in [4.78, 5) is 29.9. The van der Waals surface area contributed by atoms with Gasteiger partial charge in [-0.3, -0.25) is 14.6 Å². The molecule has 1 aromatic rings. The van der Waals surface area contributed by atoms with Crippen molar-refractivity contribution in [1.82, 2.24) is 5.32 Å². The summed E-state index contributed by atoms with van der Waals surface area (Å²) in [7, 11) is 0. The molecule has 1 unspecified atom stereocenters. The van der Waals surface area contributed by atoms with E-state index in [-0.39, 0.29) is 18.2 Å². The first kappa shape index (κ1) is 13.5. The number of thioether (sulfide) groups is 1. The summed E-state index contributed by atoms with van der Waals surface area (Å²) < 4.78 is 0. The first-order valence-electron chi connectivity index (χ1n) is 6.22. The van der Waals surface area contributed by atoms with E-state index in [2.05, 4.69) is 10.3 Å². The molecule has 5 nitrogen and oxygen atoms in total. The van der Waals surface area contributed by atoms with Crippen LogP contribution in [-0.4, -0.2) is 35.3 Å². The number of hydrogen-bond donors (Lipinski definition) is 1. The summed E-state index contributed by atoms with van der Waals surface area (Å²) in [6.45, 7) is 1.51. The Morgan fingerprint density at radius 1 is 1.30 bits per heavy atom. The van der Waals surface area contributed by atoms with E-state index in [1.165, 1.54) is 16.7 Å². The smallest absolute Gasteiger partial charge is 0.247 e. The zero-order chi connectivity index (χ0) is 14.1. The fourth-order valence-electron chi connectivity index (χ4n) is 2.15. The molecular formula is C13H12ClN3O2S. The van der Waals surface area contributed by atoms with Crippen molar-refractivity contribution in [1.29, 1.82) is 0 Å². The highest BCUT2D eigenvalue weighted by atomic mass is 35.5. The van der Waals surface area contributed by atoms with Gasteiger partial charge in [0.05, 0.1) is 12.2 Å². The van der Waals surface area contributed by atoms with E-state index in [4.69, 9.17) is 11.6 Å². The number of amides is 2. The quantitative estimate of drug-likeness (QED) is 0.844. The van der Waals surface area contributed by atoms with E-state index < -0.39 is 5.25 Å². The lowest BCUT2D eigenvalue weighted by atomic mass is 10.3. The van der Waals surface area contributed by atoms with Crippen molar-refractivity contribution in [3.05, 3.63) is 29.3 Å². The topological polar surface area (TPSA) is 61.8 Å². The van der Waals surface area contributed by atoms with Gasteiger partial charge in [0.15, 0.2) is 5.17 Å². The van der Waals surface area contributed by atoms with Crippen molar-refractivity contribution in [3.8, 4) is 0 Å². The maximum Gasteiger partial charge on any atom is 0.247 e. The third-order valence-electron chi connectivity index (χ3n) is 3.09. The predicted octanol–water partition coefficient (Wildman–Crippen LogP) is 1.66. The Morgan fingerprint density at radius 3 is 2.70 bits per heavy atom. The number of imide groups is 1. The predicted molar refractivity (Wildman–Crippen MR) is 80.2 cm³/mol. The van der Waals surface area contributed by atoms with Crippen LogP contribution in [-0.2, 0) is 9.59 Å². The first-order valence-corrected chi connectivity index (χ1v) is 7.48. The zero-order valence-electron chi connectivity index (χ0n) is 10.5. The summed E-state index contributed by atoms with van der Waals surface area (Å²) in [6, 6.07) is 6.69. The van der Waals surface area contributed by atoms with E-state index in [1.54, 1.807) is 24.3 Å². The van der Waals surface area contributed by atoms with Crippen LogP contribution in [0.2, 0.25) is 5.02 Å². The molecule has 0 radical (unpaired) electrons. The number of nitrogens with one attached hydrogen (secondary N) is 1. The van der Waals surface area contributed by atoms with Crippen LogP contribution < -0.4 is 10.2 Å². The Kier molecular flexibility index (Phi) is 3.67. The molecule has 2 aliphatic heterocycles. The normalized spacial score (nSPS) is 22.1. The fourth-order valence-corrected chi connectivity index (χ4v) is 3.33. The number of halogens is 1. The minimum atomic E-state index is -0.400. The van der Waals surface area contributed by atoms with E-state index in [1.807, 2.05) is 0 Å². The monoisotopic (exact) mass is 309 g/mol. The highest BCUT2D eigenvalue weighted by molar-refractivity contribution is 8.15. The number of carbonyl (C=O) groups excluding carboxylic acids is 2. The second-order valence-corrected chi connectivity index (χ2v) is 6.10. The van der Waals surface area contributed by atoms with E-state index in [9.17, 15) is 9.59 Å². The minimum absolute atomic E-state index is 0.187. The van der Waals surface area contributed by atoms with Crippen LogP contribution in [0.15, 0.2) is 29.3 Å². The van der Waals surface area contributed by atoms with Gasteiger partial charge >= 0.3 is 0 Å². The number of amidine groups is 1. The molecule has 0 aliphatic carbocycles. The maximum absolute atomic E-state index is 12.4. The molecule has 0 bridgehead atoms. The Hall–Kier alpha value is -1.53. The second-order valence-electron chi connectivity index (χ2n) is 4.47. The molecular weight excluding hydrogens is 298 g/mol. The van der Waals surface area contributed by atoms with Crippen molar-refractivity contribution in [2.24, 2.45) is 4.99 Å². The summed E-state index contributed by atoms with van der Waals surface area (Å²) in [5.41, 5.74) is 0.564. The number of benzene rings is 1. The standard InChI is InChI=1S/C13H12ClN3O2S/c14-8-1-3-9(4-2-8)17-11(18)7-10(12(17)19)20-13-15-5-6-16-13/h1-4,10H,5-7H2,(H,15,16). The highest BCUT2D eigenvalue weighted by Crippen LogP contribution is 2.30. The first-order chi connectivity index (χ1) is 9.65. The molecule has 3 rings (SSSR count). The average Bonchev–Trinajstić information content (AvgIpc) is 3.02. The molecule has 1 aromatic carbocycles. The Morgan fingerprint density at radius 2 is 2.05 bits per heavy atom. The molecule has 0 spiro atoms. The number of anilines is 1. The van der Waals surface area contributed by atoms with Crippen molar-refractivity contribution < 1.29 is 9.59 Å². The number of nitrogens with zero attached hydrogens (tertiary/aromatic N) is 2. The minimum Gasteiger partial charge on any atom is -0.363 e. The van der Waals surface area contributed by atoms with Crippen LogP contribution >= 0.6 is 23.4 Å². The Labute approximate surface area is 125 Å². The van der Waals surface area contributed by atoms with E-state index in [0.717, 1.165) is 18.3 Å². The molecule has 1 atom stereocenters. The fraction of sp³-hybridized carbons (Fsp3) is 0.308. The van der Waals surface area contributed by atoms with Crippen LogP contribution in [0.3, 0.4) is 0 Å². The molecule has 20 heavy (non-hydrogen) atoms. The van der Waals surface area contributed by atoms with Gasteiger partial charge in [0.1, 0.15) is 5.25 Å². The van der Waals surface area contributed by atoms with Crippen molar-refractivity contribution in [2.75, 3.05) is 18.0 Å². The van der Waals surface area contributed by atoms with Gasteiger partial charge in [0.2, 0.25) is 11.8 Å². The lowest BCUT2D eigenvalue weighted by molar-refractivity contribution is -0.121. The molecule has 2 aliphatic rings. The molecule has 1 N–H and O–H groups in total. The van der Waals surface area contributed by atoms with Gasteiger partial charge in [-0.25, -0.2) is 4.90 Å². The van der Waals surface area contributed by atoms with E-state index >= 15 is 0 Å². The molecule has 2 amide bonds. The molecule has 2 heterocycles. The highest BCUT2D eigenvalue weighted by Gasteiger charge is 2.40. The number of carbonyl (C=O) groups is 2. The van der Waals surface area contributed by atoms with Crippen molar-refractivity contribution in [2.45, 2.75) is 11.7 Å². The summed E-state index contributed by atoms with van der Waals surface area (Å²) in [5.74, 6) is -0.382. The summed E-state index contributed by atoms with van der Waals surface area (Å²) >= 11 is 7.15. The molecule has 7 heteroatoms. The van der Waals surface area contributed by atoms with Gasteiger partial charge in [-0.15, -0.1) is 0 Å². The number of hydrogen-bond acceptors (Lipinski definition) is 5. The molecule has 104 valence electrons. The molecule has 1 saturated heterocycles. The van der Waals surface area contributed by atoms with Crippen LogP contribution in [0.25, 0.3) is 0 Å². The third kappa shape index (κ3) is 2.53. The number of rotatable bonds is 2. The van der Waals surface area contributed by atoms with Gasteiger partial charge in [-0.05, 0) is 24.3 Å². The maximum atomic E-state index is 12.4. The largest absolute Gasteiger partial charge is 0.363 e. The lowest BCUT2D eigenvalue weighted by Crippen LogP contribution is -2.31. The average molecular weight is 310 g/mol. The van der Waals surface area contributed by atoms with Gasteiger partial charge in [-0.2, -0.15) is 0 Å². The Balaban J connectivity index is 1.77. The summed E-state index contributed by atoms with van der Waals surface area (Å²) in [5, 5.41) is 4.01. The van der Waals surface area contributed by atoms with Crippen LogP contribution in [0, 0.1) is 0 Å². The van der Waals surface area contributed by atoms with Crippen molar-refractivity contribution in [3.63, 3.8) is 0 Å². The molecule has 0 saturated carbocycles. The molecule has 0 aromatic heterocycles. The van der Waals surface area contributed by atoms with E-state index in [0.29, 0.717) is 10.7 Å². The number of aliphatic imine (C=N–C) groups is 1. The Bertz CT molecular complexity index is 588. The molecule has 1 fully saturated rings. The van der Waals surface area contributed by atoms with Gasteiger partial charge in [0, 0.05) is 18.0 Å². The summed E-state index contributed by atoms with van der Waals surface area (Å²) in [6.07, 6.45) is 0.201. The van der Waals surface area contributed by atoms with Gasteiger partial charge < -0.3 is 5.32 Å². The van der Waals surface area contributed by atoms with Crippen molar-refractivity contribution >= 4 is 46.0 Å². The zero-order valence-corrected chi connectivity index (χ0v) is 12.1. The third-order valence-corrected chi connectivity index (χ3v) is 4.49. The van der Waals surface area contributed by atoms with Gasteiger partial charge in [-0.1, -0.05) is 23.4 Å². The lowest BCUT2D eigenvalue weighted by Gasteiger charge is -2.14.